The van der Waals surface area contributed by atoms with Gasteiger partial charge in [0, 0.05) is 10.2 Å². The molecule has 0 saturated heterocycles. The van der Waals surface area contributed by atoms with Gasteiger partial charge in [-0.3, -0.25) is 4.72 Å². The van der Waals surface area contributed by atoms with Crippen molar-refractivity contribution in [3.63, 3.8) is 0 Å². The summed E-state index contributed by atoms with van der Waals surface area (Å²) >= 11 is 9.13. The molecule has 0 heterocycles. The van der Waals surface area contributed by atoms with Crippen LogP contribution in [0.4, 0.5) is 11.4 Å². The van der Waals surface area contributed by atoms with Crippen molar-refractivity contribution in [1.29, 1.82) is 5.26 Å². The van der Waals surface area contributed by atoms with Gasteiger partial charge in [0.1, 0.15) is 4.90 Å². The molecule has 21 heavy (non-hydrogen) atoms. The molecule has 108 valence electrons. The number of sulfonamides is 1. The van der Waals surface area contributed by atoms with E-state index >= 15 is 0 Å². The highest BCUT2D eigenvalue weighted by Gasteiger charge is 2.19. The van der Waals surface area contributed by atoms with Gasteiger partial charge in [0.25, 0.3) is 10.0 Å². The number of nitrogens with one attached hydrogen (secondary N) is 1. The van der Waals surface area contributed by atoms with E-state index < -0.39 is 10.0 Å². The van der Waals surface area contributed by atoms with Crippen LogP contribution in [0.2, 0.25) is 5.02 Å². The zero-order chi connectivity index (χ0) is 15.6. The first-order valence-electron chi connectivity index (χ1n) is 5.61. The van der Waals surface area contributed by atoms with E-state index in [-0.39, 0.29) is 9.92 Å². The van der Waals surface area contributed by atoms with Gasteiger partial charge in [-0.25, -0.2) is 8.42 Å². The van der Waals surface area contributed by atoms with E-state index in [1.807, 2.05) is 6.07 Å². The molecular formula is C13H9BrClN3O2S. The van der Waals surface area contributed by atoms with Crippen molar-refractivity contribution in [2.75, 3.05) is 10.5 Å². The summed E-state index contributed by atoms with van der Waals surface area (Å²) in [4.78, 5) is -0.0744. The molecule has 8 heteroatoms. The van der Waals surface area contributed by atoms with Gasteiger partial charge in [0.2, 0.25) is 0 Å². The first-order valence-corrected chi connectivity index (χ1v) is 8.26. The van der Waals surface area contributed by atoms with Gasteiger partial charge < -0.3 is 5.73 Å². The molecular weight excluding hydrogens is 378 g/mol. The van der Waals surface area contributed by atoms with Crippen LogP contribution in [0.3, 0.4) is 0 Å². The summed E-state index contributed by atoms with van der Waals surface area (Å²) in [5.74, 6) is 0. The number of hydrogen-bond acceptors (Lipinski definition) is 4. The molecule has 5 nitrogen and oxygen atoms in total. The maximum Gasteiger partial charge on any atom is 0.263 e. The molecule has 0 aromatic heterocycles. The normalized spacial score (nSPS) is 10.9. The van der Waals surface area contributed by atoms with E-state index in [1.165, 1.54) is 36.4 Å². The summed E-state index contributed by atoms with van der Waals surface area (Å²) in [7, 11) is -3.85. The van der Waals surface area contributed by atoms with Crippen molar-refractivity contribution in [3.05, 3.63) is 51.5 Å². The third-order valence-corrected chi connectivity index (χ3v) is 5.09. The summed E-state index contributed by atoms with van der Waals surface area (Å²) < 4.78 is 27.5. The average Bonchev–Trinajstić information content (AvgIpc) is 2.40. The Morgan fingerprint density at radius 1 is 1.24 bits per heavy atom. The van der Waals surface area contributed by atoms with Crippen molar-refractivity contribution in [2.45, 2.75) is 4.90 Å². The Labute approximate surface area is 135 Å². The van der Waals surface area contributed by atoms with Crippen LogP contribution in [0, 0.1) is 11.3 Å². The van der Waals surface area contributed by atoms with Crippen molar-refractivity contribution < 1.29 is 8.42 Å². The Balaban J connectivity index is 2.40. The first-order chi connectivity index (χ1) is 9.83. The Bertz CT molecular complexity index is 847. The molecule has 0 radical (unpaired) electrons. The summed E-state index contributed by atoms with van der Waals surface area (Å²) in [6.07, 6.45) is 0. The van der Waals surface area contributed by atoms with E-state index in [0.29, 0.717) is 21.4 Å². The summed E-state index contributed by atoms with van der Waals surface area (Å²) in [6.45, 7) is 0. The Hall–Kier alpha value is -1.75. The lowest BCUT2D eigenvalue weighted by atomic mass is 10.2. The smallest absolute Gasteiger partial charge is 0.263 e. The van der Waals surface area contributed by atoms with Gasteiger partial charge in [-0.05, 0) is 52.3 Å². The van der Waals surface area contributed by atoms with E-state index in [2.05, 4.69) is 20.7 Å². The molecule has 0 fully saturated rings. The molecule has 3 N–H and O–H groups in total. The molecule has 2 aromatic carbocycles. The van der Waals surface area contributed by atoms with Crippen LogP contribution >= 0.6 is 27.5 Å². The van der Waals surface area contributed by atoms with Crippen LogP contribution in [-0.2, 0) is 10.0 Å². The number of halogens is 2. The van der Waals surface area contributed by atoms with E-state index in [4.69, 9.17) is 22.6 Å². The van der Waals surface area contributed by atoms with Gasteiger partial charge in [0.05, 0.1) is 22.3 Å². The van der Waals surface area contributed by atoms with Crippen LogP contribution in [0.25, 0.3) is 0 Å². The zero-order valence-corrected chi connectivity index (χ0v) is 13.6. The molecule has 0 aliphatic carbocycles. The molecule has 0 unspecified atom stereocenters. The highest BCUT2D eigenvalue weighted by atomic mass is 79.9. The fourth-order valence-electron chi connectivity index (χ4n) is 1.60. The molecule has 0 aliphatic rings. The number of hydrogen-bond donors (Lipinski definition) is 2. The summed E-state index contributed by atoms with van der Waals surface area (Å²) in [6, 6.07) is 10.6. The van der Waals surface area contributed by atoms with Gasteiger partial charge >= 0.3 is 0 Å². The van der Waals surface area contributed by atoms with E-state index in [1.54, 1.807) is 0 Å². The molecule has 2 aromatic rings. The quantitative estimate of drug-likeness (QED) is 0.791. The number of anilines is 2. The highest BCUT2D eigenvalue weighted by Crippen LogP contribution is 2.29. The third-order valence-electron chi connectivity index (χ3n) is 2.59. The topological polar surface area (TPSA) is 96.0 Å². The minimum Gasteiger partial charge on any atom is -0.399 e. The van der Waals surface area contributed by atoms with Gasteiger partial charge in [-0.15, -0.1) is 0 Å². The molecule has 0 amide bonds. The maximum absolute atomic E-state index is 12.3. The van der Waals surface area contributed by atoms with Crippen molar-refractivity contribution >= 4 is 48.9 Å². The Kier molecular flexibility index (Phi) is 4.42. The van der Waals surface area contributed by atoms with Crippen LogP contribution in [0.5, 0.6) is 0 Å². The minimum absolute atomic E-state index is 0.0345. The third kappa shape index (κ3) is 3.47. The number of nitriles is 1. The van der Waals surface area contributed by atoms with Crippen LogP contribution in [0.1, 0.15) is 5.56 Å². The van der Waals surface area contributed by atoms with Gasteiger partial charge in [0.15, 0.2) is 0 Å². The standard InChI is InChI=1S/C13H9BrClN3O2S/c14-10-5-8(7-16)1-3-12(10)18-21(19,20)13-4-2-9(17)6-11(13)15/h1-6,18H,17H2. The van der Waals surface area contributed by atoms with Gasteiger partial charge in [-0.1, -0.05) is 11.6 Å². The lowest BCUT2D eigenvalue weighted by Crippen LogP contribution is -2.14. The molecule has 0 spiro atoms. The van der Waals surface area contributed by atoms with E-state index in [9.17, 15) is 8.42 Å². The molecule has 0 saturated carbocycles. The largest absolute Gasteiger partial charge is 0.399 e. The summed E-state index contributed by atoms with van der Waals surface area (Å²) in [5.41, 5.74) is 6.63. The second-order valence-electron chi connectivity index (χ2n) is 4.10. The average molecular weight is 387 g/mol. The lowest BCUT2D eigenvalue weighted by molar-refractivity contribution is 0.601. The Morgan fingerprint density at radius 3 is 2.52 bits per heavy atom. The second-order valence-corrected chi connectivity index (χ2v) is 7.01. The fourth-order valence-corrected chi connectivity index (χ4v) is 3.85. The first kappa shape index (κ1) is 15.6. The fraction of sp³-hybridized carbons (Fsp3) is 0. The zero-order valence-electron chi connectivity index (χ0n) is 10.5. The van der Waals surface area contributed by atoms with Crippen LogP contribution < -0.4 is 10.5 Å². The number of benzene rings is 2. The highest BCUT2D eigenvalue weighted by molar-refractivity contribution is 9.10. The molecule has 0 atom stereocenters. The van der Waals surface area contributed by atoms with Crippen LogP contribution in [-0.4, -0.2) is 8.42 Å². The predicted octanol–water partition coefficient (Wildman–Crippen LogP) is 3.36. The minimum atomic E-state index is -3.85. The lowest BCUT2D eigenvalue weighted by Gasteiger charge is -2.11. The SMILES string of the molecule is N#Cc1ccc(NS(=O)(=O)c2ccc(N)cc2Cl)c(Br)c1. The van der Waals surface area contributed by atoms with Crippen molar-refractivity contribution in [1.82, 2.24) is 0 Å². The number of nitrogens with two attached hydrogens (primary N) is 1. The van der Waals surface area contributed by atoms with Crippen LogP contribution in [0.15, 0.2) is 45.8 Å². The molecule has 0 aliphatic heterocycles. The number of nitrogens with zero attached hydrogens (tertiary/aromatic N) is 1. The second kappa shape index (κ2) is 5.93. The van der Waals surface area contributed by atoms with Crippen molar-refractivity contribution in [3.8, 4) is 6.07 Å². The van der Waals surface area contributed by atoms with E-state index in [0.717, 1.165) is 0 Å². The van der Waals surface area contributed by atoms with Crippen molar-refractivity contribution in [2.24, 2.45) is 0 Å². The monoisotopic (exact) mass is 385 g/mol. The molecule has 0 bridgehead atoms. The molecule has 2 rings (SSSR count). The maximum atomic E-state index is 12.3. The predicted molar refractivity (Wildman–Crippen MR) is 85.5 cm³/mol. The Morgan fingerprint density at radius 2 is 1.95 bits per heavy atom. The summed E-state index contributed by atoms with van der Waals surface area (Å²) in [5, 5.41) is 8.82. The number of rotatable bonds is 3. The van der Waals surface area contributed by atoms with Gasteiger partial charge in [-0.2, -0.15) is 5.26 Å². The number of nitrogen functional groups attached to an aromatic ring is 1.